The van der Waals surface area contributed by atoms with E-state index in [1.165, 1.54) is 31.5 Å². The first-order valence-electron chi connectivity index (χ1n) is 14.3. The number of halogens is 5. The van der Waals surface area contributed by atoms with Gasteiger partial charge in [0.25, 0.3) is 0 Å². The second kappa shape index (κ2) is 13.5. The van der Waals surface area contributed by atoms with Gasteiger partial charge < -0.3 is 24.8 Å². The summed E-state index contributed by atoms with van der Waals surface area (Å²) in [6, 6.07) is 5.11. The van der Waals surface area contributed by atoms with E-state index in [0.29, 0.717) is 0 Å². The van der Waals surface area contributed by atoms with Gasteiger partial charge in [-0.1, -0.05) is 11.3 Å². The highest BCUT2D eigenvalue weighted by Gasteiger charge is 2.54. The van der Waals surface area contributed by atoms with Gasteiger partial charge >= 0.3 is 0 Å². The molecule has 6 atom stereocenters. The smallest absolute Gasteiger partial charge is 0.248 e. The highest BCUT2D eigenvalue weighted by atomic mass is 32.2. The van der Waals surface area contributed by atoms with Gasteiger partial charge in [0.15, 0.2) is 17.5 Å². The number of aliphatic hydroxyl groups is 3. The number of hydrogen-bond donors (Lipinski definition) is 3. The van der Waals surface area contributed by atoms with Crippen LogP contribution in [0.1, 0.15) is 31.7 Å². The molecule has 2 aliphatic rings. The molecule has 0 spiro atoms. The fraction of sp³-hybridized carbons (Fsp3) is 0.517. The summed E-state index contributed by atoms with van der Waals surface area (Å²) in [5, 5.41) is 39.5. The van der Waals surface area contributed by atoms with Gasteiger partial charge in [0.1, 0.15) is 46.6 Å². The third kappa shape index (κ3) is 6.75. The van der Waals surface area contributed by atoms with Crippen molar-refractivity contribution in [1.29, 1.82) is 0 Å². The number of amides is 1. The fourth-order valence-corrected chi connectivity index (χ4v) is 7.35. The van der Waals surface area contributed by atoms with E-state index in [2.05, 4.69) is 15.3 Å². The predicted molar refractivity (Wildman–Crippen MR) is 154 cm³/mol. The Morgan fingerprint density at radius 1 is 1.20 bits per heavy atom. The van der Waals surface area contributed by atoms with Crippen molar-refractivity contribution >= 4 is 23.5 Å². The van der Waals surface area contributed by atoms with E-state index in [1.54, 1.807) is 18.2 Å². The molecular weight excluding hydrogens is 641 g/mol. The number of nitrogens with zero attached hydrogens (tertiary/aromatic N) is 5. The maximum absolute atomic E-state index is 14.2. The van der Waals surface area contributed by atoms with Crippen LogP contribution in [0.2, 0.25) is 0 Å². The summed E-state index contributed by atoms with van der Waals surface area (Å²) in [5.41, 5.74) is -3.35. The molecule has 11 nitrogen and oxygen atoms in total. The molecule has 2 fully saturated rings. The number of ether oxygens (including phenoxy) is 2. The van der Waals surface area contributed by atoms with Crippen LogP contribution in [0.3, 0.4) is 0 Å². The van der Waals surface area contributed by atoms with Crippen molar-refractivity contribution < 1.29 is 51.5 Å². The van der Waals surface area contributed by atoms with Crippen molar-refractivity contribution in [2.24, 2.45) is 0 Å². The standard InChI is InChI=1S/C29H32F5N5O6S/c1-38(20-5-3-4-10-35-20)26(42)25(28(43)6-8-29(33,34)9-7-28)46-27-24(44-2)22(23(41)19(14-40)45-27)39-13-18(36-37-39)15-11-16(30)21(32)17(31)12-15/h3-5,10-13,19,22-25,27,40-41,43H,6-9,14H2,1-2H3/t19-,22+,23+,24-,25-,27+/m1/s1. The van der Waals surface area contributed by atoms with Crippen molar-refractivity contribution in [1.82, 2.24) is 20.0 Å². The highest BCUT2D eigenvalue weighted by molar-refractivity contribution is 8.01. The van der Waals surface area contributed by atoms with E-state index in [0.717, 1.165) is 28.6 Å². The van der Waals surface area contributed by atoms with Gasteiger partial charge in [-0.25, -0.2) is 31.6 Å². The molecule has 1 saturated carbocycles. The van der Waals surface area contributed by atoms with Gasteiger partial charge in [0.2, 0.25) is 11.8 Å². The molecule has 3 heterocycles. The van der Waals surface area contributed by atoms with Crippen LogP contribution in [0.5, 0.6) is 0 Å². The summed E-state index contributed by atoms with van der Waals surface area (Å²) in [7, 11) is 2.70. The van der Waals surface area contributed by atoms with E-state index in [9.17, 15) is 42.1 Å². The number of carbonyl (C=O) groups is 1. The summed E-state index contributed by atoms with van der Waals surface area (Å²) in [5.74, 6) is -8.02. The molecule has 46 heavy (non-hydrogen) atoms. The normalized spacial score (nSPS) is 26.4. The number of methoxy groups -OCH3 is 1. The number of carbonyl (C=O) groups excluding carboxylic acids is 1. The van der Waals surface area contributed by atoms with E-state index in [4.69, 9.17) is 9.47 Å². The SMILES string of the molecule is CO[C@@H]1[C@@H](n2cc(-c3cc(F)c(F)c(F)c3)nn2)[C@@H](O)[C@@H](CO)O[C@H]1S[C@H](C(=O)N(C)c1ccccn1)C1(O)CCC(F)(F)CC1. The summed E-state index contributed by atoms with van der Waals surface area (Å²) in [4.78, 5) is 19.3. The Hall–Kier alpha value is -3.22. The Morgan fingerprint density at radius 3 is 2.46 bits per heavy atom. The van der Waals surface area contributed by atoms with E-state index in [-0.39, 0.29) is 17.1 Å². The monoisotopic (exact) mass is 673 g/mol. The van der Waals surface area contributed by atoms with Gasteiger partial charge in [-0.05, 0) is 37.1 Å². The number of aromatic nitrogens is 4. The Morgan fingerprint density at radius 2 is 1.87 bits per heavy atom. The Bertz CT molecular complexity index is 1500. The van der Waals surface area contributed by atoms with Crippen LogP contribution >= 0.6 is 11.8 Å². The molecule has 2 aromatic heterocycles. The highest BCUT2D eigenvalue weighted by Crippen LogP contribution is 2.47. The Kier molecular flexibility index (Phi) is 10.0. The maximum Gasteiger partial charge on any atom is 0.248 e. The quantitative estimate of drug-likeness (QED) is 0.229. The lowest BCUT2D eigenvalue weighted by Crippen LogP contribution is -2.59. The summed E-state index contributed by atoms with van der Waals surface area (Å²) >= 11 is 0.778. The van der Waals surface area contributed by atoms with E-state index < -0.39 is 102 Å². The minimum Gasteiger partial charge on any atom is -0.394 e. The minimum absolute atomic E-state index is 0.0846. The first-order chi connectivity index (χ1) is 21.8. The zero-order valence-electron chi connectivity index (χ0n) is 24.6. The number of anilines is 1. The lowest BCUT2D eigenvalue weighted by Gasteiger charge is -2.47. The molecule has 0 radical (unpaired) electrons. The molecule has 1 amide bonds. The fourth-order valence-electron chi connectivity index (χ4n) is 5.68. The topological polar surface area (TPSA) is 143 Å². The third-order valence-corrected chi connectivity index (χ3v) is 9.91. The van der Waals surface area contributed by atoms with Crippen molar-refractivity contribution in [2.75, 3.05) is 25.7 Å². The maximum atomic E-state index is 14.2. The number of rotatable bonds is 9. The van der Waals surface area contributed by atoms with Crippen molar-refractivity contribution in [2.45, 2.75) is 72.2 Å². The third-order valence-electron chi connectivity index (χ3n) is 8.35. The number of thioether (sulfide) groups is 1. The predicted octanol–water partition coefficient (Wildman–Crippen LogP) is 3.10. The van der Waals surface area contributed by atoms with Crippen LogP contribution in [0.25, 0.3) is 11.3 Å². The van der Waals surface area contributed by atoms with Gasteiger partial charge in [0, 0.05) is 38.8 Å². The van der Waals surface area contributed by atoms with Crippen molar-refractivity contribution in [3.63, 3.8) is 0 Å². The van der Waals surface area contributed by atoms with Crippen LogP contribution in [0, 0.1) is 17.5 Å². The lowest BCUT2D eigenvalue weighted by molar-refractivity contribution is -0.186. The largest absolute Gasteiger partial charge is 0.394 e. The first kappa shape index (κ1) is 34.1. The molecule has 250 valence electrons. The molecule has 1 saturated heterocycles. The number of aliphatic hydroxyl groups excluding tert-OH is 2. The second-order valence-electron chi connectivity index (χ2n) is 11.3. The first-order valence-corrected chi connectivity index (χ1v) is 15.2. The molecule has 5 rings (SSSR count). The second-order valence-corrected chi connectivity index (χ2v) is 12.5. The van der Waals surface area contributed by atoms with Crippen LogP contribution in [0.4, 0.5) is 27.8 Å². The van der Waals surface area contributed by atoms with Crippen LogP contribution in [-0.2, 0) is 14.3 Å². The minimum atomic E-state index is -3.02. The average Bonchev–Trinajstić information content (AvgIpc) is 3.53. The number of pyridine rings is 1. The zero-order valence-corrected chi connectivity index (χ0v) is 25.5. The molecule has 1 aliphatic heterocycles. The molecule has 0 bridgehead atoms. The summed E-state index contributed by atoms with van der Waals surface area (Å²) in [6.45, 7) is -0.704. The van der Waals surface area contributed by atoms with Crippen LogP contribution in [0.15, 0.2) is 42.7 Å². The van der Waals surface area contributed by atoms with Gasteiger partial charge in [-0.15, -0.1) is 16.9 Å². The van der Waals surface area contributed by atoms with Crippen LogP contribution in [-0.4, -0.2) is 102 Å². The molecule has 1 aliphatic carbocycles. The van der Waals surface area contributed by atoms with Gasteiger partial charge in [-0.3, -0.25) is 9.69 Å². The van der Waals surface area contributed by atoms with Crippen molar-refractivity contribution in [3.8, 4) is 11.3 Å². The molecule has 3 aromatic rings. The van der Waals surface area contributed by atoms with E-state index >= 15 is 0 Å². The lowest BCUT2D eigenvalue weighted by atomic mass is 9.80. The molecule has 1 aromatic carbocycles. The Balaban J connectivity index is 1.49. The number of alkyl halides is 2. The van der Waals surface area contributed by atoms with Gasteiger partial charge in [-0.2, -0.15) is 0 Å². The van der Waals surface area contributed by atoms with Crippen LogP contribution < -0.4 is 4.90 Å². The molecule has 0 unspecified atom stereocenters. The Labute approximate surface area is 264 Å². The average molecular weight is 674 g/mol. The molecule has 3 N–H and O–H groups in total. The van der Waals surface area contributed by atoms with E-state index in [1.807, 2.05) is 0 Å². The number of hydrogen-bond acceptors (Lipinski definition) is 10. The summed E-state index contributed by atoms with van der Waals surface area (Å²) in [6.07, 6.45) is -3.39. The number of benzene rings is 1. The van der Waals surface area contributed by atoms with Gasteiger partial charge in [0.05, 0.1) is 18.4 Å². The summed E-state index contributed by atoms with van der Waals surface area (Å²) < 4.78 is 82.5. The molecule has 17 heteroatoms. The molecular formula is C29H32F5N5O6S. The zero-order chi connectivity index (χ0) is 33.4. The van der Waals surface area contributed by atoms with Crippen molar-refractivity contribution in [3.05, 3.63) is 60.2 Å².